The summed E-state index contributed by atoms with van der Waals surface area (Å²) in [5, 5.41) is 8.55. The highest BCUT2D eigenvalue weighted by Crippen LogP contribution is 2.43. The molecule has 40 heavy (non-hydrogen) atoms. The molecule has 0 saturated carbocycles. The van der Waals surface area contributed by atoms with Crippen molar-refractivity contribution in [3.8, 4) is 0 Å². The largest absolute Gasteiger partial charge is 0.351 e. The Morgan fingerprint density at radius 2 is 1.55 bits per heavy atom. The second-order valence-corrected chi connectivity index (χ2v) is 9.72. The van der Waals surface area contributed by atoms with Crippen LogP contribution in [0.4, 0.5) is 21.9 Å². The number of hydrogen-bond donors (Lipinski definition) is 3. The first kappa shape index (κ1) is 28.8. The zero-order chi connectivity index (χ0) is 28.7. The minimum absolute atomic E-state index is 0.0973. The molecule has 3 aromatic carbocycles. The number of para-hydroxylation sites is 1. The number of anilines is 3. The van der Waals surface area contributed by atoms with Crippen LogP contribution in [0.5, 0.6) is 0 Å². The molecule has 1 aliphatic heterocycles. The quantitative estimate of drug-likeness (QED) is 0.291. The van der Waals surface area contributed by atoms with Crippen LogP contribution < -0.4 is 20.9 Å². The van der Waals surface area contributed by atoms with Gasteiger partial charge in [0.05, 0.1) is 18.7 Å². The Balaban J connectivity index is 1.69. The smallest absolute Gasteiger partial charge is 0.320 e. The van der Waals surface area contributed by atoms with Crippen LogP contribution in [-0.2, 0) is 24.6 Å². The number of amides is 4. The average molecular weight is 545 g/mol. The van der Waals surface area contributed by atoms with Gasteiger partial charge in [0.2, 0.25) is 5.91 Å². The third-order valence-electron chi connectivity index (χ3n) is 6.67. The van der Waals surface area contributed by atoms with Gasteiger partial charge in [-0.1, -0.05) is 48.0 Å². The van der Waals surface area contributed by atoms with Gasteiger partial charge < -0.3 is 30.3 Å². The lowest BCUT2D eigenvalue weighted by Gasteiger charge is -2.30. The van der Waals surface area contributed by atoms with Gasteiger partial charge in [0.25, 0.3) is 5.91 Å². The zero-order valence-corrected chi connectivity index (χ0v) is 23.3. The van der Waals surface area contributed by atoms with Gasteiger partial charge in [0, 0.05) is 30.2 Å². The number of urea groups is 1. The fraction of sp³-hybridized carbons (Fsp3) is 0.323. The number of carbonyl (C=O) groups is 3. The lowest BCUT2D eigenvalue weighted by Crippen LogP contribution is -2.56. The summed E-state index contributed by atoms with van der Waals surface area (Å²) in [6.07, 6.45) is -0.993. The fourth-order valence-electron chi connectivity index (χ4n) is 4.88. The molecule has 9 nitrogen and oxygen atoms in total. The van der Waals surface area contributed by atoms with E-state index < -0.39 is 29.7 Å². The maximum Gasteiger partial charge on any atom is 0.320 e. The van der Waals surface area contributed by atoms with Gasteiger partial charge in [-0.2, -0.15) is 0 Å². The molecule has 3 aromatic rings. The van der Waals surface area contributed by atoms with E-state index in [2.05, 4.69) is 16.0 Å². The van der Waals surface area contributed by atoms with E-state index in [9.17, 15) is 14.4 Å². The molecule has 1 atom stereocenters. The van der Waals surface area contributed by atoms with Crippen molar-refractivity contribution in [2.75, 3.05) is 35.3 Å². The normalized spacial score (nSPS) is 16.1. The summed E-state index contributed by atoms with van der Waals surface area (Å²) in [7, 11) is 0. The van der Waals surface area contributed by atoms with Gasteiger partial charge in [-0.3, -0.25) is 9.59 Å². The predicted octanol–water partition coefficient (Wildman–Crippen LogP) is 5.09. The Morgan fingerprint density at radius 3 is 2.23 bits per heavy atom. The Kier molecular flexibility index (Phi) is 9.19. The molecule has 0 radical (unpaired) electrons. The van der Waals surface area contributed by atoms with Crippen LogP contribution in [0.3, 0.4) is 0 Å². The standard InChI is InChI=1S/C31H36N4O5/c1-5-39-28(40-6-2)20-35-26-13-8-7-12-25(26)31(29(35)37,19-27(36)32-23-16-14-21(3)15-17-23)34-30(38)33-24-11-9-10-22(4)18-24/h7-18,28H,5-6,19-20H2,1-4H3,(H,32,36)(H2,33,34,38)/t31-/m0/s1. The molecule has 0 fully saturated rings. The Morgan fingerprint density at radius 1 is 0.850 bits per heavy atom. The molecular formula is C31H36N4O5. The van der Waals surface area contributed by atoms with E-state index in [1.807, 2.05) is 64.1 Å². The molecule has 1 heterocycles. The second-order valence-electron chi connectivity index (χ2n) is 9.72. The molecular weight excluding hydrogens is 508 g/mol. The summed E-state index contributed by atoms with van der Waals surface area (Å²) in [6, 6.07) is 21.2. The number of nitrogens with zero attached hydrogens (tertiary/aromatic N) is 1. The fourth-order valence-corrected chi connectivity index (χ4v) is 4.88. The number of rotatable bonds is 11. The van der Waals surface area contributed by atoms with Gasteiger partial charge in [0.1, 0.15) is 0 Å². The average Bonchev–Trinajstić information content (AvgIpc) is 3.13. The second kappa shape index (κ2) is 12.8. The summed E-state index contributed by atoms with van der Waals surface area (Å²) in [4.78, 5) is 42.6. The maximum atomic E-state index is 14.3. The first-order valence-electron chi connectivity index (χ1n) is 13.4. The molecule has 0 saturated heterocycles. The number of benzene rings is 3. The number of nitrogens with one attached hydrogen (secondary N) is 3. The Labute approximate surface area is 234 Å². The van der Waals surface area contributed by atoms with Crippen molar-refractivity contribution in [1.29, 1.82) is 0 Å². The lowest BCUT2D eigenvalue weighted by molar-refractivity contribution is -0.138. The molecule has 0 aliphatic carbocycles. The molecule has 4 rings (SSSR count). The SMILES string of the molecule is CCOC(CN1C(=O)[C@@](CC(=O)Nc2ccc(C)cc2)(NC(=O)Nc2cccc(C)c2)c2ccccc21)OCC. The van der Waals surface area contributed by atoms with Crippen molar-refractivity contribution in [2.45, 2.75) is 45.9 Å². The first-order chi connectivity index (χ1) is 19.3. The van der Waals surface area contributed by atoms with Crippen LogP contribution in [-0.4, -0.2) is 43.9 Å². The molecule has 0 aromatic heterocycles. The van der Waals surface area contributed by atoms with E-state index in [4.69, 9.17) is 9.47 Å². The van der Waals surface area contributed by atoms with E-state index >= 15 is 0 Å². The van der Waals surface area contributed by atoms with Gasteiger partial charge in [-0.15, -0.1) is 0 Å². The summed E-state index contributed by atoms with van der Waals surface area (Å²) in [5.41, 5.74) is 2.62. The minimum atomic E-state index is -1.66. The monoisotopic (exact) mass is 544 g/mol. The van der Waals surface area contributed by atoms with E-state index in [1.165, 1.54) is 4.90 Å². The van der Waals surface area contributed by atoms with Gasteiger partial charge >= 0.3 is 6.03 Å². The molecule has 0 unspecified atom stereocenters. The van der Waals surface area contributed by atoms with Crippen LogP contribution in [0.15, 0.2) is 72.8 Å². The molecule has 1 aliphatic rings. The summed E-state index contributed by atoms with van der Waals surface area (Å²) in [6.45, 7) is 8.47. The topological polar surface area (TPSA) is 109 Å². The minimum Gasteiger partial charge on any atom is -0.351 e. The zero-order valence-electron chi connectivity index (χ0n) is 23.3. The third kappa shape index (κ3) is 6.50. The molecule has 210 valence electrons. The predicted molar refractivity (Wildman–Crippen MR) is 155 cm³/mol. The van der Waals surface area contributed by atoms with E-state index in [1.54, 1.807) is 36.4 Å². The van der Waals surface area contributed by atoms with Crippen LogP contribution in [0.25, 0.3) is 0 Å². The molecule has 9 heteroatoms. The van der Waals surface area contributed by atoms with Crippen molar-refractivity contribution in [3.63, 3.8) is 0 Å². The van der Waals surface area contributed by atoms with Gasteiger partial charge in [0.15, 0.2) is 11.8 Å². The van der Waals surface area contributed by atoms with Crippen LogP contribution in [0.1, 0.15) is 37.0 Å². The van der Waals surface area contributed by atoms with E-state index in [-0.39, 0.29) is 13.0 Å². The highest BCUT2D eigenvalue weighted by atomic mass is 16.7. The number of hydrogen-bond acceptors (Lipinski definition) is 5. The molecule has 3 N–H and O–H groups in total. The van der Waals surface area contributed by atoms with Crippen LogP contribution in [0.2, 0.25) is 0 Å². The lowest BCUT2D eigenvalue weighted by atomic mass is 9.87. The number of fused-ring (bicyclic) bond motifs is 1. The van der Waals surface area contributed by atoms with Crippen LogP contribution in [0, 0.1) is 13.8 Å². The number of carbonyl (C=O) groups excluding carboxylic acids is 3. The third-order valence-corrected chi connectivity index (χ3v) is 6.67. The number of aryl methyl sites for hydroxylation is 2. The van der Waals surface area contributed by atoms with Gasteiger partial charge in [-0.25, -0.2) is 4.79 Å². The maximum absolute atomic E-state index is 14.3. The van der Waals surface area contributed by atoms with Crippen molar-refractivity contribution in [1.82, 2.24) is 5.32 Å². The summed E-state index contributed by atoms with van der Waals surface area (Å²) >= 11 is 0. The summed E-state index contributed by atoms with van der Waals surface area (Å²) in [5.74, 6) is -0.868. The highest BCUT2D eigenvalue weighted by Gasteiger charge is 2.53. The molecule has 0 bridgehead atoms. The van der Waals surface area contributed by atoms with Crippen molar-refractivity contribution in [2.24, 2.45) is 0 Å². The Bertz CT molecular complexity index is 1350. The molecule has 0 spiro atoms. The van der Waals surface area contributed by atoms with E-state index in [0.717, 1.165) is 11.1 Å². The molecule has 4 amide bonds. The first-order valence-corrected chi connectivity index (χ1v) is 13.4. The number of ether oxygens (including phenoxy) is 2. The Hall–Kier alpha value is -4.21. The van der Waals surface area contributed by atoms with Gasteiger partial charge in [-0.05, 0) is 63.6 Å². The van der Waals surface area contributed by atoms with Crippen LogP contribution >= 0.6 is 0 Å². The highest BCUT2D eigenvalue weighted by molar-refractivity contribution is 6.12. The van der Waals surface area contributed by atoms with Crippen molar-refractivity contribution < 1.29 is 23.9 Å². The summed E-state index contributed by atoms with van der Waals surface area (Å²) < 4.78 is 11.4. The van der Waals surface area contributed by atoms with Crippen molar-refractivity contribution >= 4 is 34.9 Å². The van der Waals surface area contributed by atoms with Crippen molar-refractivity contribution in [3.05, 3.63) is 89.5 Å². The van der Waals surface area contributed by atoms with E-state index in [0.29, 0.717) is 35.8 Å².